The second-order valence-electron chi connectivity index (χ2n) is 6.06. The molecule has 0 radical (unpaired) electrons. The number of alkyl halides is 2. The van der Waals surface area contributed by atoms with E-state index in [1.165, 1.54) is 0 Å². The first-order valence-corrected chi connectivity index (χ1v) is 7.24. The van der Waals surface area contributed by atoms with Crippen LogP contribution in [-0.2, 0) is 4.79 Å². The van der Waals surface area contributed by atoms with Crippen LogP contribution >= 0.6 is 0 Å². The maximum absolute atomic E-state index is 12.8. The lowest BCUT2D eigenvalue weighted by Gasteiger charge is -2.39. The molecule has 2 atom stereocenters. The normalized spacial score (nSPS) is 32.6. The summed E-state index contributed by atoms with van der Waals surface area (Å²) in [6.07, 6.45) is 3.32. The number of amides is 1. The van der Waals surface area contributed by atoms with Crippen molar-refractivity contribution < 1.29 is 13.6 Å². The van der Waals surface area contributed by atoms with E-state index in [4.69, 9.17) is 5.73 Å². The van der Waals surface area contributed by atoms with Gasteiger partial charge in [-0.2, -0.15) is 0 Å². The van der Waals surface area contributed by atoms with Crippen molar-refractivity contribution in [2.24, 2.45) is 5.73 Å². The average molecular weight is 301 g/mol. The molecule has 0 spiro atoms. The van der Waals surface area contributed by atoms with Crippen LogP contribution < -0.4 is 11.2 Å². The molecule has 3 heterocycles. The summed E-state index contributed by atoms with van der Waals surface area (Å²) >= 11 is 0. The van der Waals surface area contributed by atoms with E-state index in [-0.39, 0.29) is 25.0 Å². The van der Waals surface area contributed by atoms with E-state index in [1.54, 1.807) is 16.8 Å². The minimum atomic E-state index is -2.51. The molecule has 2 unspecified atom stereocenters. The first kappa shape index (κ1) is 14.7. The molecule has 0 aromatic heterocycles. The monoisotopic (exact) mass is 301 g/mol. The van der Waals surface area contributed by atoms with E-state index >= 15 is 0 Å². The second-order valence-corrected chi connectivity index (χ2v) is 6.06. The number of likely N-dealkylation sites (tertiary alicyclic amines) is 1. The van der Waals surface area contributed by atoms with Crippen LogP contribution in [0.2, 0.25) is 0 Å². The van der Waals surface area contributed by atoms with Gasteiger partial charge in [-0.25, -0.2) is 14.2 Å². The fourth-order valence-corrected chi connectivity index (χ4v) is 3.03. The lowest BCUT2D eigenvalue weighted by atomic mass is 10.1. The highest BCUT2D eigenvalue weighted by molar-refractivity contribution is 5.83. The maximum atomic E-state index is 12.8. The van der Waals surface area contributed by atoms with Crippen molar-refractivity contribution in [3.05, 3.63) is 11.9 Å². The molecule has 6 nitrogen and oxygen atoms in total. The maximum Gasteiger partial charge on any atom is 0.272 e. The van der Waals surface area contributed by atoms with Crippen molar-refractivity contribution in [1.82, 2.24) is 20.2 Å². The standard InChI is InChI=1S/C13H21F2N5O/c1-18-11-6-9(2-4-19-7-13(14,15)8-19)17-20(11)5-3-10(16)12(18)21/h6,9-10,17H,2-5,7-8,16H2,1H3. The van der Waals surface area contributed by atoms with Crippen molar-refractivity contribution in [2.45, 2.75) is 30.8 Å². The van der Waals surface area contributed by atoms with Crippen LogP contribution in [0.3, 0.4) is 0 Å². The highest BCUT2D eigenvalue weighted by Crippen LogP contribution is 2.27. The highest BCUT2D eigenvalue weighted by Gasteiger charge is 2.43. The molecule has 0 aliphatic carbocycles. The summed E-state index contributed by atoms with van der Waals surface area (Å²) in [5.41, 5.74) is 9.11. The predicted octanol–water partition coefficient (Wildman–Crippen LogP) is -0.453. The first-order valence-electron chi connectivity index (χ1n) is 7.24. The molecule has 3 aliphatic rings. The molecule has 2 saturated heterocycles. The van der Waals surface area contributed by atoms with Gasteiger partial charge in [-0.15, -0.1) is 0 Å². The average Bonchev–Trinajstić information content (AvgIpc) is 2.77. The molecular formula is C13H21F2N5O. The van der Waals surface area contributed by atoms with Gasteiger partial charge < -0.3 is 5.73 Å². The van der Waals surface area contributed by atoms with Gasteiger partial charge in [0.1, 0.15) is 5.82 Å². The van der Waals surface area contributed by atoms with E-state index in [9.17, 15) is 13.6 Å². The number of carbonyl (C=O) groups excluding carboxylic acids is 1. The summed E-state index contributed by atoms with van der Waals surface area (Å²) in [5.74, 6) is -1.79. The Kier molecular flexibility index (Phi) is 3.62. The van der Waals surface area contributed by atoms with Gasteiger partial charge in [-0.05, 0) is 18.9 Å². The fraction of sp³-hybridized carbons (Fsp3) is 0.769. The zero-order valence-corrected chi connectivity index (χ0v) is 12.1. The van der Waals surface area contributed by atoms with Gasteiger partial charge >= 0.3 is 0 Å². The van der Waals surface area contributed by atoms with E-state index in [0.29, 0.717) is 19.5 Å². The second kappa shape index (κ2) is 5.19. The van der Waals surface area contributed by atoms with Gasteiger partial charge in [0.25, 0.3) is 5.92 Å². The van der Waals surface area contributed by atoms with Crippen LogP contribution in [0.25, 0.3) is 0 Å². The van der Waals surface area contributed by atoms with E-state index in [1.807, 2.05) is 11.1 Å². The third kappa shape index (κ3) is 2.88. The molecule has 3 rings (SSSR count). The van der Waals surface area contributed by atoms with E-state index in [2.05, 4.69) is 5.43 Å². The number of hydrogen-bond acceptors (Lipinski definition) is 5. The number of fused-ring (bicyclic) bond motifs is 1. The van der Waals surface area contributed by atoms with Gasteiger partial charge in [-0.3, -0.25) is 19.6 Å². The Hall–Kier alpha value is -1.25. The van der Waals surface area contributed by atoms with E-state index in [0.717, 1.165) is 12.2 Å². The Morgan fingerprint density at radius 2 is 2.19 bits per heavy atom. The molecule has 0 saturated carbocycles. The third-order valence-electron chi connectivity index (χ3n) is 4.27. The Balaban J connectivity index is 1.56. The highest BCUT2D eigenvalue weighted by atomic mass is 19.3. The Morgan fingerprint density at radius 1 is 1.48 bits per heavy atom. The predicted molar refractivity (Wildman–Crippen MR) is 73.1 cm³/mol. The smallest absolute Gasteiger partial charge is 0.272 e. The molecule has 3 N–H and O–H groups in total. The van der Waals surface area contributed by atoms with E-state index < -0.39 is 12.0 Å². The number of carbonyl (C=O) groups is 1. The Morgan fingerprint density at radius 3 is 2.86 bits per heavy atom. The topological polar surface area (TPSA) is 64.8 Å². The summed E-state index contributed by atoms with van der Waals surface area (Å²) in [4.78, 5) is 15.3. The number of hydrazine groups is 1. The van der Waals surface area contributed by atoms with Gasteiger partial charge in [0.05, 0.1) is 19.1 Å². The molecule has 0 bridgehead atoms. The molecular weight excluding hydrogens is 280 g/mol. The van der Waals surface area contributed by atoms with Crippen molar-refractivity contribution in [3.8, 4) is 0 Å². The van der Waals surface area contributed by atoms with Crippen LogP contribution in [0.1, 0.15) is 12.8 Å². The van der Waals surface area contributed by atoms with Crippen molar-refractivity contribution in [1.29, 1.82) is 0 Å². The summed E-state index contributed by atoms with van der Waals surface area (Å²) in [6.45, 7) is 1.00. The Bertz CT molecular complexity index is 461. The van der Waals surface area contributed by atoms with Crippen LogP contribution in [0.5, 0.6) is 0 Å². The number of rotatable bonds is 3. The van der Waals surface area contributed by atoms with Gasteiger partial charge in [0, 0.05) is 26.2 Å². The molecule has 3 aliphatic heterocycles. The van der Waals surface area contributed by atoms with Crippen molar-refractivity contribution >= 4 is 5.91 Å². The molecule has 0 aromatic carbocycles. The zero-order chi connectivity index (χ0) is 15.2. The minimum absolute atomic E-state index is 0.0683. The number of likely N-dealkylation sites (N-methyl/N-ethyl adjacent to an activating group) is 1. The summed E-state index contributed by atoms with van der Waals surface area (Å²) in [5, 5.41) is 1.93. The quantitative estimate of drug-likeness (QED) is 0.739. The van der Waals surface area contributed by atoms with Crippen LogP contribution in [0.4, 0.5) is 8.78 Å². The van der Waals surface area contributed by atoms with Crippen LogP contribution in [-0.4, -0.2) is 71.9 Å². The number of nitrogens with one attached hydrogen (secondary N) is 1. The van der Waals surface area contributed by atoms with Gasteiger partial charge in [-0.1, -0.05) is 0 Å². The van der Waals surface area contributed by atoms with Gasteiger partial charge in [0.2, 0.25) is 5.91 Å². The fourth-order valence-electron chi connectivity index (χ4n) is 3.03. The van der Waals surface area contributed by atoms with Crippen LogP contribution in [0.15, 0.2) is 11.9 Å². The zero-order valence-electron chi connectivity index (χ0n) is 12.1. The van der Waals surface area contributed by atoms with Crippen molar-refractivity contribution in [3.63, 3.8) is 0 Å². The SMILES string of the molecule is CN1C(=O)C(N)CCN2NC(CCN3CC(F)(F)C3)C=C21. The summed E-state index contributed by atoms with van der Waals surface area (Å²) in [6, 6.07) is -0.399. The molecule has 1 amide bonds. The summed E-state index contributed by atoms with van der Waals surface area (Å²) < 4.78 is 25.5. The first-order chi connectivity index (χ1) is 9.85. The van der Waals surface area contributed by atoms with Gasteiger partial charge in [0.15, 0.2) is 0 Å². The molecule has 8 heteroatoms. The molecule has 0 aromatic rings. The lowest BCUT2D eigenvalue weighted by Crippen LogP contribution is -2.56. The minimum Gasteiger partial charge on any atom is -0.320 e. The largest absolute Gasteiger partial charge is 0.320 e. The summed E-state index contributed by atoms with van der Waals surface area (Å²) in [7, 11) is 1.71. The number of nitrogens with zero attached hydrogens (tertiary/aromatic N) is 3. The third-order valence-corrected chi connectivity index (χ3v) is 4.27. The molecule has 21 heavy (non-hydrogen) atoms. The Labute approximate surface area is 122 Å². The molecule has 118 valence electrons. The molecule has 2 fully saturated rings. The number of hydrogen-bond donors (Lipinski definition) is 2. The number of halogens is 2. The van der Waals surface area contributed by atoms with Crippen molar-refractivity contribution in [2.75, 3.05) is 33.2 Å². The lowest BCUT2D eigenvalue weighted by molar-refractivity contribution is -0.130. The number of nitrogens with two attached hydrogens (primary N) is 1. The van der Waals surface area contributed by atoms with Crippen LogP contribution in [0, 0.1) is 0 Å².